The number of aliphatic carboxylic acids is 1. The third-order valence-electron chi connectivity index (χ3n) is 0.865. The molecule has 1 saturated heterocycles. The fourth-order valence-electron chi connectivity index (χ4n) is 0.0962. The third-order valence-corrected chi connectivity index (χ3v) is 0.865. The highest BCUT2D eigenvalue weighted by atomic mass is 16.6. The van der Waals surface area contributed by atoms with Gasteiger partial charge in [0.2, 0.25) is 0 Å². The van der Waals surface area contributed by atoms with Gasteiger partial charge in [-0.2, -0.15) is 0 Å². The fourth-order valence-corrected chi connectivity index (χ4v) is 0.0962. The summed E-state index contributed by atoms with van der Waals surface area (Å²) >= 11 is 0. The molecule has 12 heavy (non-hydrogen) atoms. The van der Waals surface area contributed by atoms with Gasteiger partial charge in [0.05, 0.1) is 12.7 Å². The molecule has 0 aromatic rings. The molecule has 2 N–H and O–H groups in total. The molecule has 4 heteroatoms. The Morgan fingerprint density at radius 3 is 1.75 bits per heavy atom. The summed E-state index contributed by atoms with van der Waals surface area (Å²) in [5, 5.41) is 14.9. The van der Waals surface area contributed by atoms with Crippen LogP contribution in [-0.4, -0.2) is 36.0 Å². The highest BCUT2D eigenvalue weighted by Crippen LogP contribution is 2.04. The lowest BCUT2D eigenvalue weighted by Crippen LogP contribution is -1.92. The van der Waals surface area contributed by atoms with Gasteiger partial charge < -0.3 is 14.9 Å². The Balaban J connectivity index is 0. The van der Waals surface area contributed by atoms with Crippen molar-refractivity contribution in [3.8, 4) is 0 Å². The number of rotatable bonds is 1. The van der Waals surface area contributed by atoms with Crippen LogP contribution in [0.2, 0.25) is 0 Å². The standard InChI is InChI=1S/C4H6O2.C3H6O.CH4O/c1-3(2)4(5)6;1-3-2-4-3;1-2/h1H2,2H3,(H,5,6);3H,2H2,1H3;2H,1H3. The van der Waals surface area contributed by atoms with Crippen molar-refractivity contribution >= 4 is 5.97 Å². The number of carbonyl (C=O) groups is 1. The van der Waals surface area contributed by atoms with Crippen molar-refractivity contribution in [3.05, 3.63) is 12.2 Å². The quantitative estimate of drug-likeness (QED) is 0.455. The average Bonchev–Trinajstić information content (AvgIpc) is 2.77. The van der Waals surface area contributed by atoms with Gasteiger partial charge in [-0.3, -0.25) is 0 Å². The molecule has 1 rings (SSSR count). The largest absolute Gasteiger partial charge is 0.478 e. The average molecular weight is 176 g/mol. The Labute approximate surface area is 72.5 Å². The normalized spacial score (nSPS) is 17.5. The maximum atomic E-state index is 9.60. The van der Waals surface area contributed by atoms with Gasteiger partial charge in [-0.25, -0.2) is 4.79 Å². The zero-order chi connectivity index (χ0) is 10.1. The molecule has 4 nitrogen and oxygen atoms in total. The first-order valence-electron chi connectivity index (χ1n) is 3.49. The molecule has 1 fully saturated rings. The summed E-state index contributed by atoms with van der Waals surface area (Å²) in [5.74, 6) is -0.935. The van der Waals surface area contributed by atoms with E-state index in [-0.39, 0.29) is 5.57 Å². The lowest BCUT2D eigenvalue weighted by molar-refractivity contribution is -0.132. The minimum atomic E-state index is -0.935. The summed E-state index contributed by atoms with van der Waals surface area (Å²) in [7, 11) is 1.00. The Hall–Kier alpha value is -0.870. The minimum absolute atomic E-state index is 0.176. The Morgan fingerprint density at radius 1 is 1.58 bits per heavy atom. The lowest BCUT2D eigenvalue weighted by atomic mass is 10.4. The number of carboxylic acids is 1. The fraction of sp³-hybridized carbons (Fsp3) is 0.625. The van der Waals surface area contributed by atoms with Crippen LogP contribution in [0.15, 0.2) is 12.2 Å². The second-order valence-corrected chi connectivity index (χ2v) is 2.23. The van der Waals surface area contributed by atoms with Gasteiger partial charge in [0.1, 0.15) is 0 Å². The maximum Gasteiger partial charge on any atom is 0.330 e. The van der Waals surface area contributed by atoms with Crippen molar-refractivity contribution < 1.29 is 19.7 Å². The molecule has 0 bridgehead atoms. The first kappa shape index (κ1) is 13.7. The first-order chi connectivity index (χ1) is 5.54. The van der Waals surface area contributed by atoms with Crippen molar-refractivity contribution in [2.45, 2.75) is 20.0 Å². The number of epoxide rings is 1. The Morgan fingerprint density at radius 2 is 1.75 bits per heavy atom. The van der Waals surface area contributed by atoms with Crippen LogP contribution < -0.4 is 0 Å². The molecule has 0 aliphatic carbocycles. The number of hydrogen-bond acceptors (Lipinski definition) is 3. The lowest BCUT2D eigenvalue weighted by Gasteiger charge is -1.79. The summed E-state index contributed by atoms with van der Waals surface area (Å²) in [4.78, 5) is 9.60. The van der Waals surface area contributed by atoms with Crippen LogP contribution >= 0.6 is 0 Å². The molecule has 1 aliphatic rings. The Bertz CT molecular complexity index is 126. The van der Waals surface area contributed by atoms with Gasteiger partial charge in [0.15, 0.2) is 0 Å². The van der Waals surface area contributed by atoms with E-state index in [1.165, 1.54) is 6.92 Å². The van der Waals surface area contributed by atoms with Gasteiger partial charge in [-0.15, -0.1) is 0 Å². The summed E-state index contributed by atoms with van der Waals surface area (Å²) in [5.41, 5.74) is 0.176. The van der Waals surface area contributed by atoms with Crippen LogP contribution in [0.1, 0.15) is 13.8 Å². The number of carboxylic acid groups (broad SMARTS) is 1. The first-order valence-corrected chi connectivity index (χ1v) is 3.49. The zero-order valence-corrected chi connectivity index (χ0v) is 7.70. The number of ether oxygens (including phenoxy) is 1. The third kappa shape index (κ3) is 16.1. The topological polar surface area (TPSA) is 70.1 Å². The van der Waals surface area contributed by atoms with E-state index in [1.54, 1.807) is 0 Å². The molecule has 72 valence electrons. The molecule has 0 amide bonds. The predicted molar refractivity (Wildman–Crippen MR) is 46.0 cm³/mol. The molecule has 1 heterocycles. The van der Waals surface area contributed by atoms with Crippen LogP contribution in [0.25, 0.3) is 0 Å². The highest BCUT2D eigenvalue weighted by molar-refractivity contribution is 5.84. The van der Waals surface area contributed by atoms with Gasteiger partial charge >= 0.3 is 5.97 Å². The maximum absolute atomic E-state index is 9.60. The van der Waals surface area contributed by atoms with Gasteiger partial charge in [-0.1, -0.05) is 6.58 Å². The van der Waals surface area contributed by atoms with E-state index in [0.29, 0.717) is 6.10 Å². The van der Waals surface area contributed by atoms with Crippen molar-refractivity contribution in [1.82, 2.24) is 0 Å². The van der Waals surface area contributed by atoms with E-state index in [1.807, 2.05) is 0 Å². The van der Waals surface area contributed by atoms with Crippen molar-refractivity contribution in [3.63, 3.8) is 0 Å². The highest BCUT2D eigenvalue weighted by Gasteiger charge is 2.13. The summed E-state index contributed by atoms with van der Waals surface area (Å²) < 4.78 is 4.71. The van der Waals surface area contributed by atoms with Crippen molar-refractivity contribution in [2.75, 3.05) is 13.7 Å². The number of aliphatic hydroxyl groups is 1. The van der Waals surface area contributed by atoms with Crippen molar-refractivity contribution in [1.29, 1.82) is 0 Å². The van der Waals surface area contributed by atoms with Crippen LogP contribution in [0.4, 0.5) is 0 Å². The van der Waals surface area contributed by atoms with E-state index in [2.05, 4.69) is 13.5 Å². The molecular formula is C8H16O4. The van der Waals surface area contributed by atoms with Crippen molar-refractivity contribution in [2.24, 2.45) is 0 Å². The molecule has 0 saturated carbocycles. The number of hydrogen-bond donors (Lipinski definition) is 2. The second kappa shape index (κ2) is 8.23. The SMILES string of the molecule is C=C(C)C(=O)O.CC1CO1.CO. The van der Waals surface area contributed by atoms with E-state index < -0.39 is 5.97 Å². The second-order valence-electron chi connectivity index (χ2n) is 2.23. The summed E-state index contributed by atoms with van der Waals surface area (Å²) in [6.45, 7) is 7.64. The molecule has 0 radical (unpaired) electrons. The molecule has 1 atom stereocenters. The molecule has 1 aliphatic heterocycles. The van der Waals surface area contributed by atoms with Gasteiger partial charge in [-0.05, 0) is 13.8 Å². The van der Waals surface area contributed by atoms with Crippen LogP contribution in [-0.2, 0) is 9.53 Å². The molecule has 0 aromatic heterocycles. The Kier molecular flexibility index (Phi) is 9.40. The van der Waals surface area contributed by atoms with Crippen LogP contribution in [0.3, 0.4) is 0 Å². The molecular weight excluding hydrogens is 160 g/mol. The molecule has 1 unspecified atom stereocenters. The molecule has 0 aromatic carbocycles. The monoisotopic (exact) mass is 176 g/mol. The van der Waals surface area contributed by atoms with E-state index in [4.69, 9.17) is 14.9 Å². The predicted octanol–water partition coefficient (Wildman–Crippen LogP) is 0.661. The zero-order valence-electron chi connectivity index (χ0n) is 7.70. The summed E-state index contributed by atoms with van der Waals surface area (Å²) in [6.07, 6.45) is 0.583. The van der Waals surface area contributed by atoms with E-state index in [0.717, 1.165) is 13.7 Å². The minimum Gasteiger partial charge on any atom is -0.478 e. The van der Waals surface area contributed by atoms with E-state index >= 15 is 0 Å². The number of aliphatic hydroxyl groups excluding tert-OH is 1. The smallest absolute Gasteiger partial charge is 0.330 e. The van der Waals surface area contributed by atoms with Crippen LogP contribution in [0.5, 0.6) is 0 Å². The van der Waals surface area contributed by atoms with Gasteiger partial charge in [0, 0.05) is 12.7 Å². The summed E-state index contributed by atoms with van der Waals surface area (Å²) in [6, 6.07) is 0. The van der Waals surface area contributed by atoms with Gasteiger partial charge in [0.25, 0.3) is 0 Å². The van der Waals surface area contributed by atoms with Crippen LogP contribution in [0, 0.1) is 0 Å². The van der Waals surface area contributed by atoms with E-state index in [9.17, 15) is 4.79 Å². The molecule has 0 spiro atoms.